The van der Waals surface area contributed by atoms with Crippen molar-refractivity contribution in [3.05, 3.63) is 36.5 Å². The van der Waals surface area contributed by atoms with E-state index in [9.17, 15) is 0 Å². The number of hydrogen-bond donors (Lipinski definition) is 1. The molecule has 0 aliphatic carbocycles. The maximum atomic E-state index is 4.52. The smallest absolute Gasteiger partial charge is 0.254 e. The highest BCUT2D eigenvalue weighted by atomic mass is 15.4. The van der Waals surface area contributed by atoms with Crippen LogP contribution in [0, 0.1) is 0 Å². The number of nitrogens with one attached hydrogen (secondary N) is 1. The first kappa shape index (κ1) is 14.5. The molecule has 0 unspecified atom stereocenters. The first-order chi connectivity index (χ1) is 10.7. The summed E-state index contributed by atoms with van der Waals surface area (Å²) in [6.07, 6.45) is 7.29. The monoisotopic (exact) mass is 299 g/mol. The van der Waals surface area contributed by atoms with Gasteiger partial charge >= 0.3 is 0 Å². The van der Waals surface area contributed by atoms with Crippen LogP contribution in [0.5, 0.6) is 0 Å². The fraction of sp³-hybridized carbons (Fsp3) is 0.467. The quantitative estimate of drug-likeness (QED) is 0.756. The van der Waals surface area contributed by atoms with E-state index in [0.29, 0.717) is 5.78 Å². The molecule has 7 heteroatoms. The van der Waals surface area contributed by atoms with E-state index in [1.54, 1.807) is 10.7 Å². The molecule has 3 aromatic heterocycles. The van der Waals surface area contributed by atoms with Gasteiger partial charge in [-0.25, -0.2) is 4.98 Å². The lowest BCUT2D eigenvalue weighted by Gasteiger charge is -2.23. The molecule has 116 valence electrons. The van der Waals surface area contributed by atoms with Gasteiger partial charge in [0.05, 0.1) is 6.04 Å². The average molecular weight is 299 g/mol. The van der Waals surface area contributed by atoms with Gasteiger partial charge in [0.1, 0.15) is 12.1 Å². The molecular weight excluding hydrogens is 278 g/mol. The molecule has 7 nitrogen and oxygen atoms in total. The lowest BCUT2D eigenvalue weighted by molar-refractivity contribution is 0.442. The predicted octanol–water partition coefficient (Wildman–Crippen LogP) is 2.33. The number of rotatable bonds is 6. The van der Waals surface area contributed by atoms with Crippen LogP contribution in [0.2, 0.25) is 0 Å². The van der Waals surface area contributed by atoms with Gasteiger partial charge in [-0.1, -0.05) is 13.3 Å². The third-order valence-corrected chi connectivity index (χ3v) is 3.85. The topological polar surface area (TPSA) is 72.9 Å². The molecule has 2 atom stereocenters. The molecule has 1 N–H and O–H groups in total. The summed E-state index contributed by atoms with van der Waals surface area (Å²) >= 11 is 0. The van der Waals surface area contributed by atoms with Gasteiger partial charge in [-0.2, -0.15) is 19.7 Å². The van der Waals surface area contributed by atoms with Gasteiger partial charge < -0.3 is 5.32 Å². The summed E-state index contributed by atoms with van der Waals surface area (Å²) in [6.45, 7) is 6.41. The summed E-state index contributed by atoms with van der Waals surface area (Å²) in [7, 11) is 0. The highest BCUT2D eigenvalue weighted by Gasteiger charge is 2.16. The summed E-state index contributed by atoms with van der Waals surface area (Å²) in [4.78, 5) is 8.73. The van der Waals surface area contributed by atoms with Gasteiger partial charge in [0.15, 0.2) is 0 Å². The van der Waals surface area contributed by atoms with Crippen LogP contribution >= 0.6 is 0 Å². The molecule has 22 heavy (non-hydrogen) atoms. The molecule has 0 aromatic carbocycles. The maximum Gasteiger partial charge on any atom is 0.254 e. The van der Waals surface area contributed by atoms with Crippen LogP contribution < -0.4 is 5.32 Å². The van der Waals surface area contributed by atoms with Crippen molar-refractivity contribution in [3.63, 3.8) is 0 Å². The third-order valence-electron chi connectivity index (χ3n) is 3.85. The summed E-state index contributed by atoms with van der Waals surface area (Å²) in [5.74, 6) is 1.55. The lowest BCUT2D eigenvalue weighted by Crippen LogP contribution is -2.28. The predicted molar refractivity (Wildman–Crippen MR) is 84.8 cm³/mol. The Morgan fingerprint density at radius 3 is 2.86 bits per heavy atom. The Bertz CT molecular complexity index is 732. The zero-order valence-electron chi connectivity index (χ0n) is 13.1. The van der Waals surface area contributed by atoms with Crippen molar-refractivity contribution >= 4 is 11.6 Å². The van der Waals surface area contributed by atoms with Crippen molar-refractivity contribution in [2.24, 2.45) is 0 Å². The third kappa shape index (κ3) is 2.79. The van der Waals surface area contributed by atoms with Crippen LogP contribution in [-0.4, -0.2) is 35.4 Å². The van der Waals surface area contributed by atoms with Gasteiger partial charge in [-0.3, -0.25) is 4.68 Å². The van der Waals surface area contributed by atoms with Gasteiger partial charge in [0, 0.05) is 30.2 Å². The van der Waals surface area contributed by atoms with Crippen molar-refractivity contribution in [1.29, 1.82) is 0 Å². The molecule has 0 saturated heterocycles. The van der Waals surface area contributed by atoms with Gasteiger partial charge in [0.2, 0.25) is 0 Å². The van der Waals surface area contributed by atoms with E-state index in [-0.39, 0.29) is 12.1 Å². The molecule has 0 radical (unpaired) electrons. The molecule has 0 amide bonds. The molecule has 3 heterocycles. The zero-order chi connectivity index (χ0) is 15.5. The molecular formula is C15H21N7. The highest BCUT2D eigenvalue weighted by Crippen LogP contribution is 2.17. The molecule has 0 aliphatic heterocycles. The number of aromatic nitrogens is 6. The Hall–Kier alpha value is -2.44. The van der Waals surface area contributed by atoms with Crippen LogP contribution in [0.3, 0.4) is 0 Å². The SMILES string of the molecule is CCCc1cc(N[C@H](C)[C@H](C)n2cccn2)n2ncnc2n1. The number of fused-ring (bicyclic) bond motifs is 1. The van der Waals surface area contributed by atoms with E-state index in [0.717, 1.165) is 24.4 Å². The van der Waals surface area contributed by atoms with Crippen molar-refractivity contribution in [2.45, 2.75) is 45.7 Å². The maximum absolute atomic E-state index is 4.52. The van der Waals surface area contributed by atoms with E-state index in [1.807, 2.05) is 16.9 Å². The van der Waals surface area contributed by atoms with E-state index in [1.165, 1.54) is 6.33 Å². The van der Waals surface area contributed by atoms with Crippen molar-refractivity contribution in [3.8, 4) is 0 Å². The molecule has 0 fully saturated rings. The minimum atomic E-state index is 0.184. The van der Waals surface area contributed by atoms with Crippen molar-refractivity contribution < 1.29 is 0 Å². The Balaban J connectivity index is 1.87. The standard InChI is InChI=1S/C15H21N7/c1-4-6-13-9-14(22-15(20-13)16-10-18-22)19-11(2)12(3)21-8-5-7-17-21/h5,7-12,19H,4,6H2,1-3H3/t11-,12+/m1/s1. The number of nitrogens with zero attached hydrogens (tertiary/aromatic N) is 6. The molecule has 0 saturated carbocycles. The van der Waals surface area contributed by atoms with Gasteiger partial charge in [-0.15, -0.1) is 0 Å². The summed E-state index contributed by atoms with van der Waals surface area (Å²) < 4.78 is 3.69. The number of anilines is 1. The van der Waals surface area contributed by atoms with E-state index in [2.05, 4.69) is 52.3 Å². The summed E-state index contributed by atoms with van der Waals surface area (Å²) in [6, 6.07) is 4.39. The van der Waals surface area contributed by atoms with Crippen LogP contribution in [-0.2, 0) is 6.42 Å². The first-order valence-electron chi connectivity index (χ1n) is 7.64. The fourth-order valence-electron chi connectivity index (χ4n) is 2.45. The Morgan fingerprint density at radius 1 is 1.27 bits per heavy atom. The van der Waals surface area contributed by atoms with Crippen molar-refractivity contribution in [1.82, 2.24) is 29.4 Å². The van der Waals surface area contributed by atoms with Gasteiger partial charge in [0.25, 0.3) is 5.78 Å². The van der Waals surface area contributed by atoms with E-state index in [4.69, 9.17) is 0 Å². The second kappa shape index (κ2) is 6.13. The Labute approximate surface area is 129 Å². The minimum absolute atomic E-state index is 0.184. The molecule has 3 rings (SSSR count). The molecule has 0 bridgehead atoms. The van der Waals surface area contributed by atoms with E-state index >= 15 is 0 Å². The zero-order valence-corrected chi connectivity index (χ0v) is 13.1. The van der Waals surface area contributed by atoms with Crippen LogP contribution in [0.25, 0.3) is 5.78 Å². The lowest BCUT2D eigenvalue weighted by atomic mass is 10.1. The fourth-order valence-corrected chi connectivity index (χ4v) is 2.45. The molecule has 0 aliphatic rings. The first-order valence-corrected chi connectivity index (χ1v) is 7.64. The minimum Gasteiger partial charge on any atom is -0.365 e. The van der Waals surface area contributed by atoms with Crippen LogP contribution in [0.4, 0.5) is 5.82 Å². The van der Waals surface area contributed by atoms with Crippen molar-refractivity contribution in [2.75, 3.05) is 5.32 Å². The largest absolute Gasteiger partial charge is 0.365 e. The normalized spacial score (nSPS) is 14.1. The Morgan fingerprint density at radius 2 is 2.14 bits per heavy atom. The molecule has 3 aromatic rings. The second-order valence-electron chi connectivity index (χ2n) is 5.51. The van der Waals surface area contributed by atoms with E-state index < -0.39 is 0 Å². The van der Waals surface area contributed by atoms with Crippen LogP contribution in [0.15, 0.2) is 30.9 Å². The second-order valence-corrected chi connectivity index (χ2v) is 5.51. The summed E-state index contributed by atoms with van der Waals surface area (Å²) in [5.41, 5.74) is 1.03. The highest BCUT2D eigenvalue weighted by molar-refractivity contribution is 5.45. The number of hydrogen-bond acceptors (Lipinski definition) is 5. The molecule has 0 spiro atoms. The van der Waals surface area contributed by atoms with Gasteiger partial charge in [-0.05, 0) is 26.3 Å². The Kier molecular flexibility index (Phi) is 4.04. The van der Waals surface area contributed by atoms with Crippen LogP contribution in [0.1, 0.15) is 38.9 Å². The average Bonchev–Trinajstić information content (AvgIpc) is 3.18. The summed E-state index contributed by atoms with van der Waals surface area (Å²) in [5, 5.41) is 12.1. The number of aryl methyl sites for hydroxylation is 1.